The van der Waals surface area contributed by atoms with Gasteiger partial charge in [-0.1, -0.05) is 19.9 Å². The first-order valence-electron chi connectivity index (χ1n) is 7.19. The molecule has 22 heavy (non-hydrogen) atoms. The van der Waals surface area contributed by atoms with Crippen molar-refractivity contribution in [1.82, 2.24) is 20.2 Å². The largest absolute Gasteiger partial charge is 0.381 e. The Labute approximate surface area is 130 Å². The van der Waals surface area contributed by atoms with E-state index in [9.17, 15) is 9.90 Å². The minimum absolute atomic E-state index is 0.0547. The first-order valence-corrected chi connectivity index (χ1v) is 7.19. The lowest BCUT2D eigenvalue weighted by atomic mass is 9.69. The molecular formula is C16H22N4O2. The van der Waals surface area contributed by atoms with E-state index in [1.807, 2.05) is 26.8 Å². The Bertz CT molecular complexity index is 682. The fourth-order valence-electron chi connectivity index (χ4n) is 2.49. The number of carbonyl (C=O) groups is 1. The molecule has 6 nitrogen and oxygen atoms in total. The summed E-state index contributed by atoms with van der Waals surface area (Å²) in [6.45, 7) is 7.38. The summed E-state index contributed by atoms with van der Waals surface area (Å²) in [5.74, 6) is 0.571. The van der Waals surface area contributed by atoms with Crippen LogP contribution in [0.1, 0.15) is 39.9 Å². The predicted octanol–water partition coefficient (Wildman–Crippen LogP) is 1.85. The molecule has 1 heterocycles. The van der Waals surface area contributed by atoms with E-state index >= 15 is 0 Å². The molecule has 0 aromatic carbocycles. The number of tetrazole rings is 1. The summed E-state index contributed by atoms with van der Waals surface area (Å²) in [6.07, 6.45) is 7.24. The Morgan fingerprint density at radius 3 is 2.73 bits per heavy atom. The van der Waals surface area contributed by atoms with Crippen molar-refractivity contribution in [1.29, 1.82) is 0 Å². The first kappa shape index (κ1) is 16.3. The van der Waals surface area contributed by atoms with Gasteiger partial charge in [0.2, 0.25) is 0 Å². The van der Waals surface area contributed by atoms with E-state index in [0.29, 0.717) is 17.8 Å². The highest BCUT2D eigenvalue weighted by molar-refractivity contribution is 5.96. The summed E-state index contributed by atoms with van der Waals surface area (Å²) in [7, 11) is 1.70. The van der Waals surface area contributed by atoms with Gasteiger partial charge in [-0.2, -0.15) is 4.80 Å². The van der Waals surface area contributed by atoms with Gasteiger partial charge in [0.05, 0.1) is 7.05 Å². The van der Waals surface area contributed by atoms with Crippen molar-refractivity contribution in [2.24, 2.45) is 12.5 Å². The van der Waals surface area contributed by atoms with Crippen LogP contribution in [-0.2, 0) is 11.8 Å². The van der Waals surface area contributed by atoms with Gasteiger partial charge in [-0.05, 0) is 54.9 Å². The minimum atomic E-state index is -1.11. The van der Waals surface area contributed by atoms with Crippen molar-refractivity contribution in [3.8, 4) is 0 Å². The number of allylic oxidation sites excluding steroid dienone is 3. The van der Waals surface area contributed by atoms with Crippen LogP contribution in [0.15, 0.2) is 29.4 Å². The molecule has 1 atom stereocenters. The van der Waals surface area contributed by atoms with Crippen molar-refractivity contribution < 1.29 is 9.90 Å². The van der Waals surface area contributed by atoms with Gasteiger partial charge < -0.3 is 5.11 Å². The van der Waals surface area contributed by atoms with E-state index in [4.69, 9.17) is 0 Å². The maximum Gasteiger partial charge on any atom is 0.197 e. The fraction of sp³-hybridized carbons (Fsp3) is 0.500. The smallest absolute Gasteiger partial charge is 0.197 e. The molecule has 0 unspecified atom stereocenters. The minimum Gasteiger partial charge on any atom is -0.381 e. The summed E-state index contributed by atoms with van der Waals surface area (Å²) < 4.78 is 0. The van der Waals surface area contributed by atoms with Crippen LogP contribution in [-0.4, -0.2) is 36.7 Å². The summed E-state index contributed by atoms with van der Waals surface area (Å²) in [5.41, 5.74) is -0.118. The SMILES string of the molecule is CC1=CC(=O)C(C)(C)C[C@@]1(O)/C=C/C(C)=C\c1nnn(C)n1. The fourth-order valence-corrected chi connectivity index (χ4v) is 2.49. The number of aromatic nitrogens is 4. The monoisotopic (exact) mass is 302 g/mol. The topological polar surface area (TPSA) is 80.9 Å². The Balaban J connectivity index is 2.23. The molecule has 1 N–H and O–H groups in total. The lowest BCUT2D eigenvalue weighted by molar-refractivity contribution is -0.125. The van der Waals surface area contributed by atoms with Crippen LogP contribution in [0.25, 0.3) is 6.08 Å². The van der Waals surface area contributed by atoms with Gasteiger partial charge in [-0.15, -0.1) is 10.2 Å². The van der Waals surface area contributed by atoms with Gasteiger partial charge in [0.25, 0.3) is 0 Å². The van der Waals surface area contributed by atoms with E-state index in [0.717, 1.165) is 5.57 Å². The van der Waals surface area contributed by atoms with Crippen LogP contribution in [0, 0.1) is 5.41 Å². The Hall–Kier alpha value is -2.08. The molecule has 1 aromatic heterocycles. The number of hydrogen-bond acceptors (Lipinski definition) is 5. The normalized spacial score (nSPS) is 25.6. The Morgan fingerprint density at radius 1 is 1.45 bits per heavy atom. The second-order valence-electron chi connectivity index (χ2n) is 6.54. The highest BCUT2D eigenvalue weighted by atomic mass is 16.3. The Kier molecular flexibility index (Phi) is 4.15. The van der Waals surface area contributed by atoms with Crippen LogP contribution >= 0.6 is 0 Å². The second kappa shape index (κ2) is 5.61. The summed E-state index contributed by atoms with van der Waals surface area (Å²) in [5, 5.41) is 22.6. The number of carbonyl (C=O) groups excluding carboxylic acids is 1. The zero-order valence-electron chi connectivity index (χ0n) is 13.7. The third kappa shape index (κ3) is 3.39. The van der Waals surface area contributed by atoms with Gasteiger partial charge in [0.1, 0.15) is 5.60 Å². The summed E-state index contributed by atoms with van der Waals surface area (Å²) in [4.78, 5) is 13.3. The molecule has 118 valence electrons. The molecule has 0 bridgehead atoms. The number of rotatable bonds is 3. The van der Waals surface area contributed by atoms with Crippen LogP contribution in [0.5, 0.6) is 0 Å². The highest BCUT2D eigenvalue weighted by Crippen LogP contribution is 2.39. The average molecular weight is 302 g/mol. The maximum absolute atomic E-state index is 11.9. The van der Waals surface area contributed by atoms with Crippen LogP contribution < -0.4 is 0 Å². The van der Waals surface area contributed by atoms with Gasteiger partial charge in [0.15, 0.2) is 11.6 Å². The second-order valence-corrected chi connectivity index (χ2v) is 6.54. The third-order valence-corrected chi connectivity index (χ3v) is 3.91. The lowest BCUT2D eigenvalue weighted by Gasteiger charge is -2.38. The van der Waals surface area contributed by atoms with E-state index in [1.54, 1.807) is 26.1 Å². The average Bonchev–Trinajstić information content (AvgIpc) is 2.80. The molecule has 0 saturated heterocycles. The van der Waals surface area contributed by atoms with Crippen LogP contribution in [0.4, 0.5) is 0 Å². The molecule has 2 rings (SSSR count). The zero-order valence-corrected chi connectivity index (χ0v) is 13.7. The molecule has 1 aliphatic carbocycles. The highest BCUT2D eigenvalue weighted by Gasteiger charge is 2.41. The number of ketones is 1. The van der Waals surface area contributed by atoms with Crippen molar-refractivity contribution in [2.45, 2.75) is 39.7 Å². The molecule has 0 saturated carbocycles. The van der Waals surface area contributed by atoms with Gasteiger partial charge in [-0.3, -0.25) is 4.79 Å². The molecule has 0 fully saturated rings. The maximum atomic E-state index is 11.9. The molecule has 1 aliphatic rings. The van der Waals surface area contributed by atoms with E-state index in [2.05, 4.69) is 15.4 Å². The Morgan fingerprint density at radius 2 is 2.14 bits per heavy atom. The summed E-state index contributed by atoms with van der Waals surface area (Å²) >= 11 is 0. The molecule has 0 amide bonds. The molecule has 1 aromatic rings. The molecule has 6 heteroatoms. The zero-order chi connectivity index (χ0) is 16.5. The molecule has 0 radical (unpaired) electrons. The molecule has 0 aliphatic heterocycles. The van der Waals surface area contributed by atoms with Crippen molar-refractivity contribution in [3.63, 3.8) is 0 Å². The first-order chi connectivity index (χ1) is 10.1. The number of aliphatic hydroxyl groups is 1. The van der Waals surface area contributed by atoms with Gasteiger partial charge in [-0.25, -0.2) is 0 Å². The van der Waals surface area contributed by atoms with Crippen molar-refractivity contribution >= 4 is 11.9 Å². The molecule has 0 spiro atoms. The lowest BCUT2D eigenvalue weighted by Crippen LogP contribution is -2.42. The van der Waals surface area contributed by atoms with Crippen LogP contribution in [0.3, 0.4) is 0 Å². The number of nitrogens with zero attached hydrogens (tertiary/aromatic N) is 4. The van der Waals surface area contributed by atoms with E-state index in [-0.39, 0.29) is 5.78 Å². The van der Waals surface area contributed by atoms with Crippen molar-refractivity contribution in [2.75, 3.05) is 0 Å². The molecular weight excluding hydrogens is 280 g/mol. The van der Waals surface area contributed by atoms with Crippen molar-refractivity contribution in [3.05, 3.63) is 35.2 Å². The predicted molar refractivity (Wildman–Crippen MR) is 83.7 cm³/mol. The van der Waals surface area contributed by atoms with Gasteiger partial charge >= 0.3 is 0 Å². The number of aryl methyl sites for hydroxylation is 1. The third-order valence-electron chi connectivity index (χ3n) is 3.91. The van der Waals surface area contributed by atoms with E-state index < -0.39 is 11.0 Å². The van der Waals surface area contributed by atoms with E-state index in [1.165, 1.54) is 10.9 Å². The standard InChI is InChI=1S/C16H22N4O2/c1-11(8-14-17-19-20(5)18-14)6-7-16(22)10-15(3,4)13(21)9-12(16)2/h6-9,22H,10H2,1-5H3/b7-6+,11-8-/t16-/m0/s1. The number of hydrogen-bond donors (Lipinski definition) is 1. The quantitative estimate of drug-likeness (QED) is 0.862. The summed E-state index contributed by atoms with van der Waals surface area (Å²) in [6, 6.07) is 0. The van der Waals surface area contributed by atoms with Gasteiger partial charge in [0, 0.05) is 5.41 Å². The van der Waals surface area contributed by atoms with Crippen LogP contribution in [0.2, 0.25) is 0 Å².